The first-order chi connectivity index (χ1) is 13.3. The largest absolute Gasteiger partial charge is 0.375 e. The molecule has 0 radical (unpaired) electrons. The van der Waals surface area contributed by atoms with Crippen LogP contribution in [0.5, 0.6) is 0 Å². The Kier molecular flexibility index (Phi) is 37.2. The van der Waals surface area contributed by atoms with Gasteiger partial charge in [0.2, 0.25) is 0 Å². The van der Waals surface area contributed by atoms with Gasteiger partial charge in [0.15, 0.2) is 0 Å². The lowest BCUT2D eigenvalue weighted by atomic mass is 10.1. The molecule has 0 aromatic heterocycles. The number of rotatable bonds is 19. The number of hydrogen-bond donors (Lipinski definition) is 3. The maximum absolute atomic E-state index is 5.49. The predicted molar refractivity (Wildman–Crippen MR) is 150 cm³/mol. The number of anilines is 1. The molecule has 8 heteroatoms. The summed E-state index contributed by atoms with van der Waals surface area (Å²) in [7, 11) is 2.18. The number of benzene rings is 1. The smallest absolute Gasteiger partial charge is 0.0363 e. The van der Waals surface area contributed by atoms with Gasteiger partial charge in [0.05, 0.1) is 0 Å². The second-order valence-electron chi connectivity index (χ2n) is 7.58. The average molecular weight is 522 g/mol. The number of para-hydroxylation sites is 1. The Morgan fingerprint density at radius 1 is 0.613 bits per heavy atom. The molecule has 0 aliphatic rings. The van der Waals surface area contributed by atoms with Crippen LogP contribution in [-0.4, -0.2) is 46.3 Å². The summed E-state index contributed by atoms with van der Waals surface area (Å²) in [4.78, 5) is 2.34. The van der Waals surface area contributed by atoms with Gasteiger partial charge in [0.25, 0.3) is 0 Å². The first kappa shape index (κ1) is 38.3. The zero-order chi connectivity index (χ0) is 19.4. The second-order valence-corrected chi connectivity index (χ2v) is 7.58. The lowest BCUT2D eigenvalue weighted by Crippen LogP contribution is -2.21. The molecule has 0 atom stereocenters. The van der Waals surface area contributed by atoms with E-state index in [1.807, 2.05) is 0 Å². The van der Waals surface area contributed by atoms with Crippen LogP contribution < -0.4 is 21.3 Å². The normalized spacial score (nSPS) is 9.61. The van der Waals surface area contributed by atoms with Crippen LogP contribution in [0.1, 0.15) is 64.2 Å². The summed E-state index contributed by atoms with van der Waals surface area (Å²) in [6.07, 6.45) is 13.0. The molecule has 0 heterocycles. The van der Waals surface area contributed by atoms with E-state index in [1.165, 1.54) is 76.6 Å². The molecule has 0 aliphatic carbocycles. The molecule has 1 aromatic carbocycles. The molecule has 0 unspecified atom stereocenters. The minimum Gasteiger partial charge on any atom is -0.375 e. The molecule has 0 fully saturated rings. The highest BCUT2D eigenvalue weighted by Gasteiger charge is 1.99. The lowest BCUT2D eigenvalue weighted by molar-refractivity contribution is 0.539. The molecule has 188 valence electrons. The summed E-state index contributed by atoms with van der Waals surface area (Å²) in [5.41, 5.74) is 6.80. The Morgan fingerprint density at radius 3 is 1.52 bits per heavy atom. The van der Waals surface area contributed by atoms with E-state index < -0.39 is 0 Å². The van der Waals surface area contributed by atoms with Gasteiger partial charge in [0.1, 0.15) is 0 Å². The van der Waals surface area contributed by atoms with Gasteiger partial charge in [-0.05, 0) is 83.4 Å². The van der Waals surface area contributed by atoms with Gasteiger partial charge in [-0.25, -0.2) is 0 Å². The number of nitrogens with one attached hydrogen (secondary N) is 2. The molecule has 0 aliphatic heterocycles. The summed E-state index contributed by atoms with van der Waals surface area (Å²) in [5.74, 6) is 0. The fourth-order valence-electron chi connectivity index (χ4n) is 3.26. The summed E-state index contributed by atoms with van der Waals surface area (Å²) in [6, 6.07) is 10.6. The monoisotopic (exact) mass is 520 g/mol. The van der Waals surface area contributed by atoms with E-state index in [2.05, 4.69) is 52.9 Å². The van der Waals surface area contributed by atoms with E-state index >= 15 is 0 Å². The number of nitrogens with two attached hydrogens (primary N) is 1. The van der Waals surface area contributed by atoms with Crippen LogP contribution in [0.15, 0.2) is 30.3 Å². The van der Waals surface area contributed by atoms with Gasteiger partial charge in [-0.3, -0.25) is 0 Å². The SMILES string of the molecule is CN(CCCCNCCCCCCCCNCCCCN)c1ccccc1.Cl.Cl.Cl.Cl. The zero-order valence-corrected chi connectivity index (χ0v) is 22.6. The fourth-order valence-corrected chi connectivity index (χ4v) is 3.26. The first-order valence-electron chi connectivity index (χ1n) is 11.2. The molecule has 1 rings (SSSR count). The molecule has 4 N–H and O–H groups in total. The van der Waals surface area contributed by atoms with Crippen LogP contribution in [0.25, 0.3) is 0 Å². The van der Waals surface area contributed by atoms with Gasteiger partial charge >= 0.3 is 0 Å². The molecule has 0 saturated carbocycles. The van der Waals surface area contributed by atoms with Gasteiger partial charge in [-0.2, -0.15) is 0 Å². The van der Waals surface area contributed by atoms with E-state index in [4.69, 9.17) is 5.73 Å². The lowest BCUT2D eigenvalue weighted by Gasteiger charge is -2.19. The number of halogens is 4. The number of nitrogens with zero attached hydrogens (tertiary/aromatic N) is 1. The molecule has 0 amide bonds. The summed E-state index contributed by atoms with van der Waals surface area (Å²) in [5, 5.41) is 7.10. The molecule has 31 heavy (non-hydrogen) atoms. The molecule has 0 spiro atoms. The Bertz CT molecular complexity index is 427. The zero-order valence-electron chi connectivity index (χ0n) is 19.4. The van der Waals surface area contributed by atoms with E-state index in [-0.39, 0.29) is 49.6 Å². The second kappa shape index (κ2) is 30.1. The third-order valence-electron chi connectivity index (χ3n) is 5.06. The van der Waals surface area contributed by atoms with Gasteiger partial charge in [-0.15, -0.1) is 49.6 Å². The van der Waals surface area contributed by atoms with Crippen molar-refractivity contribution in [2.24, 2.45) is 5.73 Å². The Labute approximate surface area is 216 Å². The number of hydrogen-bond acceptors (Lipinski definition) is 4. The highest BCUT2D eigenvalue weighted by Crippen LogP contribution is 2.11. The minimum absolute atomic E-state index is 0. The fraction of sp³-hybridized carbons (Fsp3) is 0.739. The van der Waals surface area contributed by atoms with Crippen molar-refractivity contribution in [1.82, 2.24) is 10.6 Å². The average Bonchev–Trinajstić information content (AvgIpc) is 2.70. The third kappa shape index (κ3) is 24.5. The van der Waals surface area contributed by atoms with Crippen LogP contribution >= 0.6 is 49.6 Å². The van der Waals surface area contributed by atoms with Crippen molar-refractivity contribution in [2.45, 2.75) is 64.2 Å². The topological polar surface area (TPSA) is 53.3 Å². The van der Waals surface area contributed by atoms with Crippen molar-refractivity contribution < 1.29 is 0 Å². The molecular weight excluding hydrogens is 474 g/mol. The molecule has 4 nitrogen and oxygen atoms in total. The van der Waals surface area contributed by atoms with Crippen molar-refractivity contribution in [1.29, 1.82) is 0 Å². The van der Waals surface area contributed by atoms with Gasteiger partial charge in [0, 0.05) is 19.3 Å². The molecular formula is C23H48Cl4N4. The highest BCUT2D eigenvalue weighted by atomic mass is 35.5. The van der Waals surface area contributed by atoms with Gasteiger partial charge in [-0.1, -0.05) is 43.9 Å². The van der Waals surface area contributed by atoms with Crippen molar-refractivity contribution in [3.8, 4) is 0 Å². The van der Waals surface area contributed by atoms with Crippen LogP contribution in [0.3, 0.4) is 0 Å². The van der Waals surface area contributed by atoms with Crippen molar-refractivity contribution >= 4 is 55.3 Å². The van der Waals surface area contributed by atoms with E-state index in [1.54, 1.807) is 0 Å². The maximum atomic E-state index is 5.49. The van der Waals surface area contributed by atoms with Gasteiger partial charge < -0.3 is 21.3 Å². The van der Waals surface area contributed by atoms with Crippen LogP contribution in [0.2, 0.25) is 0 Å². The third-order valence-corrected chi connectivity index (χ3v) is 5.06. The van der Waals surface area contributed by atoms with Crippen LogP contribution in [0.4, 0.5) is 5.69 Å². The van der Waals surface area contributed by atoms with Crippen molar-refractivity contribution in [3.63, 3.8) is 0 Å². The molecule has 0 saturated heterocycles. The molecule has 1 aromatic rings. The Morgan fingerprint density at radius 2 is 1.03 bits per heavy atom. The predicted octanol–water partition coefficient (Wildman–Crippen LogP) is 5.85. The summed E-state index contributed by atoms with van der Waals surface area (Å²) < 4.78 is 0. The summed E-state index contributed by atoms with van der Waals surface area (Å²) >= 11 is 0. The Hall–Kier alpha value is 0.0600. The minimum atomic E-state index is 0. The van der Waals surface area contributed by atoms with E-state index in [0.717, 1.165) is 32.6 Å². The molecule has 0 bridgehead atoms. The Balaban J connectivity index is -0.000000911. The van der Waals surface area contributed by atoms with Crippen molar-refractivity contribution in [2.75, 3.05) is 51.2 Å². The standard InChI is InChI=1S/C23H44N4.4ClH/c1-27(23-15-7-6-8-16-23)22-14-13-21-26-19-11-5-3-2-4-10-18-25-20-12-9-17-24;;;;/h6-8,15-16,25-26H,2-5,9-14,17-22,24H2,1H3;4*1H. The summed E-state index contributed by atoms with van der Waals surface area (Å²) in [6.45, 7) is 6.59. The van der Waals surface area contributed by atoms with E-state index in [0.29, 0.717) is 0 Å². The first-order valence-corrected chi connectivity index (χ1v) is 11.2. The quantitative estimate of drug-likeness (QED) is 0.200. The highest BCUT2D eigenvalue weighted by molar-refractivity contribution is 5.86. The van der Waals surface area contributed by atoms with Crippen LogP contribution in [0, 0.1) is 0 Å². The maximum Gasteiger partial charge on any atom is 0.0363 e. The number of unbranched alkanes of at least 4 members (excludes halogenated alkanes) is 7. The van der Waals surface area contributed by atoms with Crippen molar-refractivity contribution in [3.05, 3.63) is 30.3 Å². The van der Waals surface area contributed by atoms with Crippen LogP contribution in [-0.2, 0) is 0 Å². The van der Waals surface area contributed by atoms with E-state index in [9.17, 15) is 0 Å².